The zero-order valence-corrected chi connectivity index (χ0v) is 12.5. The molecule has 2 aromatic rings. The first-order valence-electron chi connectivity index (χ1n) is 7.33. The van der Waals surface area contributed by atoms with Crippen molar-refractivity contribution in [3.63, 3.8) is 0 Å². The number of benzene rings is 2. The largest absolute Gasteiger partial charge is 0.454 e. The van der Waals surface area contributed by atoms with Gasteiger partial charge >= 0.3 is 0 Å². The molecule has 118 valence electrons. The fourth-order valence-electron chi connectivity index (χ4n) is 2.26. The number of amides is 1. The summed E-state index contributed by atoms with van der Waals surface area (Å²) in [5.74, 6) is 1.19. The molecule has 0 saturated heterocycles. The minimum atomic E-state index is -0.211. The second-order valence-electron chi connectivity index (χ2n) is 5.11. The van der Waals surface area contributed by atoms with Gasteiger partial charge in [-0.1, -0.05) is 18.2 Å². The lowest BCUT2D eigenvalue weighted by atomic mass is 10.1. The predicted octanol–water partition coefficient (Wildman–Crippen LogP) is 2.60. The van der Waals surface area contributed by atoms with Crippen LogP contribution in [0.5, 0.6) is 11.5 Å². The van der Waals surface area contributed by atoms with Crippen molar-refractivity contribution in [1.82, 2.24) is 0 Å². The first-order valence-corrected chi connectivity index (χ1v) is 7.33. The molecule has 0 bridgehead atoms. The van der Waals surface area contributed by atoms with E-state index in [1.807, 2.05) is 42.5 Å². The van der Waals surface area contributed by atoms with Crippen molar-refractivity contribution in [3.05, 3.63) is 59.7 Å². The third-order valence-electron chi connectivity index (χ3n) is 3.45. The zero-order chi connectivity index (χ0) is 16.1. The van der Waals surface area contributed by atoms with Crippen molar-refractivity contribution in [2.45, 2.75) is 6.42 Å². The van der Waals surface area contributed by atoms with Crippen LogP contribution in [0.2, 0.25) is 0 Å². The van der Waals surface area contributed by atoms with Crippen molar-refractivity contribution in [3.8, 4) is 11.5 Å². The summed E-state index contributed by atoms with van der Waals surface area (Å²) in [6.07, 6.45) is 3.80. The normalized spacial score (nSPS) is 12.6. The minimum Gasteiger partial charge on any atom is -0.454 e. The van der Waals surface area contributed by atoms with E-state index < -0.39 is 0 Å². The number of carbonyl (C=O) groups excluding carboxylic acids is 1. The van der Waals surface area contributed by atoms with Crippen molar-refractivity contribution in [2.75, 3.05) is 18.7 Å². The highest BCUT2D eigenvalue weighted by Crippen LogP contribution is 2.32. The van der Waals surface area contributed by atoms with Gasteiger partial charge in [0.25, 0.3) is 0 Å². The minimum absolute atomic E-state index is 0.115. The van der Waals surface area contributed by atoms with E-state index in [1.54, 1.807) is 6.08 Å². The van der Waals surface area contributed by atoms with Crippen molar-refractivity contribution >= 4 is 17.7 Å². The number of nitrogens with one attached hydrogen (secondary N) is 1. The maximum atomic E-state index is 11.9. The highest BCUT2D eigenvalue weighted by molar-refractivity contribution is 6.01. The Labute approximate surface area is 134 Å². The van der Waals surface area contributed by atoms with E-state index in [2.05, 4.69) is 5.32 Å². The Morgan fingerprint density at radius 1 is 1.13 bits per heavy atom. The zero-order valence-electron chi connectivity index (χ0n) is 12.5. The maximum absolute atomic E-state index is 11.9. The molecule has 5 heteroatoms. The number of fused-ring (bicyclic) bond motifs is 1. The van der Waals surface area contributed by atoms with Gasteiger partial charge in [-0.05, 0) is 47.9 Å². The number of aliphatic hydroxyl groups is 1. The summed E-state index contributed by atoms with van der Waals surface area (Å²) in [6.45, 7) is 0.346. The predicted molar refractivity (Wildman–Crippen MR) is 87.5 cm³/mol. The molecular formula is C18H17NO4. The number of hydrogen-bond acceptors (Lipinski definition) is 4. The van der Waals surface area contributed by atoms with E-state index in [1.165, 1.54) is 6.08 Å². The number of rotatable bonds is 5. The van der Waals surface area contributed by atoms with Gasteiger partial charge in [0.1, 0.15) is 0 Å². The molecule has 0 fully saturated rings. The molecular weight excluding hydrogens is 294 g/mol. The van der Waals surface area contributed by atoms with Crippen molar-refractivity contribution in [2.24, 2.45) is 0 Å². The molecule has 1 amide bonds. The molecule has 1 aliphatic rings. The summed E-state index contributed by atoms with van der Waals surface area (Å²) in [5, 5.41) is 11.7. The number of carbonyl (C=O) groups is 1. The van der Waals surface area contributed by atoms with E-state index in [9.17, 15) is 4.79 Å². The Balaban J connectivity index is 1.60. The summed E-state index contributed by atoms with van der Waals surface area (Å²) in [5.41, 5.74) is 2.61. The third-order valence-corrected chi connectivity index (χ3v) is 3.45. The summed E-state index contributed by atoms with van der Waals surface area (Å²) in [6, 6.07) is 12.9. The van der Waals surface area contributed by atoms with E-state index in [-0.39, 0.29) is 19.3 Å². The van der Waals surface area contributed by atoms with Gasteiger partial charge in [0.05, 0.1) is 0 Å². The van der Waals surface area contributed by atoms with E-state index >= 15 is 0 Å². The van der Waals surface area contributed by atoms with Crippen LogP contribution in [0.3, 0.4) is 0 Å². The molecule has 0 unspecified atom stereocenters. The Kier molecular flexibility index (Phi) is 4.59. The van der Waals surface area contributed by atoms with Crippen molar-refractivity contribution in [1.29, 1.82) is 0 Å². The van der Waals surface area contributed by atoms with Crippen LogP contribution in [0.15, 0.2) is 48.5 Å². The van der Waals surface area contributed by atoms with E-state index in [0.717, 1.165) is 16.9 Å². The van der Waals surface area contributed by atoms with Crippen LogP contribution in [0.4, 0.5) is 5.69 Å². The van der Waals surface area contributed by atoms with Crippen LogP contribution in [-0.2, 0) is 11.2 Å². The molecule has 2 N–H and O–H groups in total. The van der Waals surface area contributed by atoms with Gasteiger partial charge in [-0.15, -0.1) is 0 Å². The third kappa shape index (κ3) is 3.90. The molecule has 1 aliphatic heterocycles. The second-order valence-corrected chi connectivity index (χ2v) is 5.11. The van der Waals surface area contributed by atoms with Gasteiger partial charge < -0.3 is 19.9 Å². The van der Waals surface area contributed by atoms with Crippen LogP contribution >= 0.6 is 0 Å². The fraction of sp³-hybridized carbons (Fsp3) is 0.167. The van der Waals surface area contributed by atoms with E-state index in [4.69, 9.17) is 14.6 Å². The SMILES string of the molecule is O=C(C=Cc1ccc2c(c1)OCO2)Nc1ccc(CCO)cc1. The molecule has 23 heavy (non-hydrogen) atoms. The fourth-order valence-corrected chi connectivity index (χ4v) is 2.26. The molecule has 0 spiro atoms. The average molecular weight is 311 g/mol. The quantitative estimate of drug-likeness (QED) is 0.833. The smallest absolute Gasteiger partial charge is 0.248 e. The van der Waals surface area contributed by atoms with Crippen LogP contribution < -0.4 is 14.8 Å². The molecule has 0 radical (unpaired) electrons. The van der Waals surface area contributed by atoms with Gasteiger partial charge in [0.2, 0.25) is 12.7 Å². The summed E-state index contributed by atoms with van der Waals surface area (Å²) < 4.78 is 10.5. The lowest BCUT2D eigenvalue weighted by Crippen LogP contribution is -2.07. The Hall–Kier alpha value is -2.79. The first-order chi connectivity index (χ1) is 11.2. The Morgan fingerprint density at radius 2 is 1.91 bits per heavy atom. The molecule has 0 aromatic heterocycles. The second kappa shape index (κ2) is 6.98. The summed E-state index contributed by atoms with van der Waals surface area (Å²) in [7, 11) is 0. The summed E-state index contributed by atoms with van der Waals surface area (Å²) >= 11 is 0. The van der Waals surface area contributed by atoms with Gasteiger partial charge in [-0.25, -0.2) is 0 Å². The number of aliphatic hydroxyl groups excluding tert-OH is 1. The van der Waals surface area contributed by atoms with Gasteiger partial charge in [0.15, 0.2) is 11.5 Å². The van der Waals surface area contributed by atoms with Crippen LogP contribution in [0.25, 0.3) is 6.08 Å². The Morgan fingerprint density at radius 3 is 2.70 bits per heavy atom. The molecule has 2 aromatic carbocycles. The van der Waals surface area contributed by atoms with Crippen LogP contribution in [-0.4, -0.2) is 24.4 Å². The molecule has 3 rings (SSSR count). The highest BCUT2D eigenvalue weighted by atomic mass is 16.7. The number of ether oxygens (including phenoxy) is 2. The summed E-state index contributed by atoms with van der Waals surface area (Å²) in [4.78, 5) is 11.9. The van der Waals surface area contributed by atoms with Crippen molar-refractivity contribution < 1.29 is 19.4 Å². The Bertz CT molecular complexity index is 722. The maximum Gasteiger partial charge on any atom is 0.248 e. The van der Waals surface area contributed by atoms with Crippen LogP contribution in [0.1, 0.15) is 11.1 Å². The molecule has 0 atom stereocenters. The molecule has 5 nitrogen and oxygen atoms in total. The number of anilines is 1. The van der Waals surface area contributed by atoms with Crippen LogP contribution in [0, 0.1) is 0 Å². The monoisotopic (exact) mass is 311 g/mol. The molecule has 0 saturated carbocycles. The van der Waals surface area contributed by atoms with E-state index in [0.29, 0.717) is 17.9 Å². The first kappa shape index (κ1) is 15.1. The van der Waals surface area contributed by atoms with Gasteiger partial charge in [-0.2, -0.15) is 0 Å². The highest BCUT2D eigenvalue weighted by Gasteiger charge is 2.12. The molecule has 1 heterocycles. The topological polar surface area (TPSA) is 67.8 Å². The van der Waals surface area contributed by atoms with Gasteiger partial charge in [-0.3, -0.25) is 4.79 Å². The lowest BCUT2D eigenvalue weighted by molar-refractivity contribution is -0.111. The molecule has 0 aliphatic carbocycles. The number of hydrogen-bond donors (Lipinski definition) is 2. The standard InChI is InChI=1S/C18H17NO4/c20-10-9-13-1-5-15(6-2-13)19-18(21)8-4-14-3-7-16-17(11-14)23-12-22-16/h1-8,11,20H,9-10,12H2,(H,19,21). The lowest BCUT2D eigenvalue weighted by Gasteiger charge is -2.04. The average Bonchev–Trinajstić information content (AvgIpc) is 3.03. The van der Waals surface area contributed by atoms with Gasteiger partial charge in [0, 0.05) is 18.4 Å².